The Balaban J connectivity index is 2.35. The number of halogens is 2. The van der Waals surface area contributed by atoms with Gasteiger partial charge in [-0.25, -0.2) is 4.98 Å². The van der Waals surface area contributed by atoms with Crippen molar-refractivity contribution < 1.29 is 9.53 Å². The van der Waals surface area contributed by atoms with E-state index in [-0.39, 0.29) is 5.78 Å². The van der Waals surface area contributed by atoms with Crippen LogP contribution < -0.4 is 4.74 Å². The van der Waals surface area contributed by atoms with Crippen LogP contribution in [0.4, 0.5) is 0 Å². The van der Waals surface area contributed by atoms with Crippen LogP contribution in [0.15, 0.2) is 24.4 Å². The van der Waals surface area contributed by atoms with Gasteiger partial charge in [0.25, 0.3) is 0 Å². The van der Waals surface area contributed by atoms with Gasteiger partial charge in [-0.05, 0) is 37.6 Å². The van der Waals surface area contributed by atoms with Crippen molar-refractivity contribution in [3.05, 3.63) is 45.7 Å². The molecule has 0 saturated carbocycles. The number of Topliss-reactive ketones (excluding diaryl/α,β-unsaturated/α-hetero) is 1. The van der Waals surface area contributed by atoms with Gasteiger partial charge in [-0.3, -0.25) is 4.79 Å². The number of hydrogen-bond acceptors (Lipinski definition) is 4. The molecule has 0 radical (unpaired) electrons. The third-order valence-corrected chi connectivity index (χ3v) is 3.94. The van der Waals surface area contributed by atoms with Crippen LogP contribution in [0.2, 0.25) is 10.0 Å². The van der Waals surface area contributed by atoms with Crippen LogP contribution in [-0.2, 0) is 0 Å². The summed E-state index contributed by atoms with van der Waals surface area (Å²) in [4.78, 5) is 16.1. The van der Waals surface area contributed by atoms with Crippen molar-refractivity contribution in [1.29, 1.82) is 0 Å². The van der Waals surface area contributed by atoms with Crippen molar-refractivity contribution in [1.82, 2.24) is 14.6 Å². The van der Waals surface area contributed by atoms with Crippen LogP contribution in [0, 0.1) is 6.92 Å². The normalized spacial score (nSPS) is 11.0. The van der Waals surface area contributed by atoms with E-state index in [0.29, 0.717) is 27.1 Å². The molecule has 0 aliphatic heterocycles. The van der Waals surface area contributed by atoms with Crippen LogP contribution in [0.3, 0.4) is 0 Å². The van der Waals surface area contributed by atoms with Crippen LogP contribution in [0.5, 0.6) is 5.88 Å². The predicted octanol–water partition coefficient (Wildman–Crippen LogP) is 4.22. The molecule has 0 fully saturated rings. The van der Waals surface area contributed by atoms with Gasteiger partial charge in [0.15, 0.2) is 11.4 Å². The molecule has 0 aliphatic carbocycles. The molecule has 0 atom stereocenters. The van der Waals surface area contributed by atoms with E-state index in [1.54, 1.807) is 18.2 Å². The second kappa shape index (κ2) is 5.83. The summed E-state index contributed by atoms with van der Waals surface area (Å²) in [6, 6.07) is 5.25. The molecule has 2 aromatic heterocycles. The topological polar surface area (TPSA) is 56.5 Å². The number of benzene rings is 1. The number of carbonyl (C=O) groups is 1. The third kappa shape index (κ3) is 2.66. The molecule has 0 N–H and O–H groups in total. The second-order valence-electron chi connectivity index (χ2n) is 5.09. The van der Waals surface area contributed by atoms with E-state index in [1.165, 1.54) is 24.7 Å². The molecule has 0 aliphatic rings. The highest BCUT2D eigenvalue weighted by atomic mass is 35.5. The Morgan fingerprint density at radius 1 is 1.22 bits per heavy atom. The van der Waals surface area contributed by atoms with Crippen molar-refractivity contribution >= 4 is 34.6 Å². The summed E-state index contributed by atoms with van der Waals surface area (Å²) in [5.74, 6) is 0.210. The first-order valence-electron chi connectivity index (χ1n) is 6.82. The van der Waals surface area contributed by atoms with Gasteiger partial charge in [0.2, 0.25) is 5.88 Å². The Kier molecular flexibility index (Phi) is 4.00. The Labute approximate surface area is 142 Å². The highest BCUT2D eigenvalue weighted by Gasteiger charge is 2.20. The Morgan fingerprint density at radius 2 is 1.87 bits per heavy atom. The number of ketones is 1. The van der Waals surface area contributed by atoms with E-state index in [4.69, 9.17) is 27.9 Å². The predicted molar refractivity (Wildman–Crippen MR) is 89.7 cm³/mol. The lowest BCUT2D eigenvalue weighted by Crippen LogP contribution is -2.05. The molecule has 5 nitrogen and oxygen atoms in total. The summed E-state index contributed by atoms with van der Waals surface area (Å²) in [6.07, 6.45) is 1.49. The van der Waals surface area contributed by atoms with Crippen molar-refractivity contribution in [3.8, 4) is 17.0 Å². The molecule has 0 saturated heterocycles. The maximum absolute atomic E-state index is 11.7. The van der Waals surface area contributed by atoms with Crippen LogP contribution >= 0.6 is 23.2 Å². The van der Waals surface area contributed by atoms with E-state index in [2.05, 4.69) is 10.1 Å². The van der Waals surface area contributed by atoms with Crippen LogP contribution in [0.1, 0.15) is 23.0 Å². The lowest BCUT2D eigenvalue weighted by atomic mass is 10.1. The molecule has 0 unspecified atom stereocenters. The highest BCUT2D eigenvalue weighted by molar-refractivity contribution is 6.35. The molecule has 0 amide bonds. The number of aromatic nitrogens is 3. The third-order valence-electron chi connectivity index (χ3n) is 3.50. The van der Waals surface area contributed by atoms with Gasteiger partial charge in [0.1, 0.15) is 0 Å². The van der Waals surface area contributed by atoms with Crippen molar-refractivity contribution in [3.63, 3.8) is 0 Å². The molecule has 7 heteroatoms. The van der Waals surface area contributed by atoms with Gasteiger partial charge >= 0.3 is 0 Å². The molecule has 0 bridgehead atoms. The maximum atomic E-state index is 11.7. The van der Waals surface area contributed by atoms with Crippen LogP contribution in [-0.4, -0.2) is 27.5 Å². The summed E-state index contributed by atoms with van der Waals surface area (Å²) >= 11 is 12.2. The van der Waals surface area contributed by atoms with Crippen molar-refractivity contribution in [2.24, 2.45) is 0 Å². The van der Waals surface area contributed by atoms with E-state index >= 15 is 0 Å². The molecule has 2 heterocycles. The Bertz CT molecular complexity index is 914. The molecule has 118 valence electrons. The fourth-order valence-electron chi connectivity index (χ4n) is 2.54. The first-order chi connectivity index (χ1) is 10.9. The van der Waals surface area contributed by atoms with E-state index in [1.807, 2.05) is 6.92 Å². The lowest BCUT2D eigenvalue weighted by molar-refractivity contribution is 0.101. The van der Waals surface area contributed by atoms with E-state index < -0.39 is 0 Å². The number of aryl methyl sites for hydroxylation is 1. The Morgan fingerprint density at radius 3 is 2.43 bits per heavy atom. The molecule has 1 aromatic carbocycles. The van der Waals surface area contributed by atoms with E-state index in [9.17, 15) is 4.79 Å². The Hall–Kier alpha value is -2.11. The summed E-state index contributed by atoms with van der Waals surface area (Å²) in [5.41, 5.74) is 3.28. The monoisotopic (exact) mass is 349 g/mol. The summed E-state index contributed by atoms with van der Waals surface area (Å²) in [6.45, 7) is 3.31. The molecule has 0 spiro atoms. The maximum Gasteiger partial charge on any atom is 0.228 e. The lowest BCUT2D eigenvalue weighted by Gasteiger charge is -2.08. The average Bonchev–Trinajstić information content (AvgIpc) is 2.80. The number of rotatable bonds is 3. The standard InChI is InChI=1S/C16H13Cl2N3O2/c1-8-14(10-4-11(17)6-12(18)5-10)15-19-7-13(9(2)22)16(23-3)21(15)20-8/h4-7H,1-3H3. The first kappa shape index (κ1) is 15.8. The van der Waals surface area contributed by atoms with Gasteiger partial charge < -0.3 is 4.74 Å². The molecule has 23 heavy (non-hydrogen) atoms. The number of methoxy groups -OCH3 is 1. The summed E-state index contributed by atoms with van der Waals surface area (Å²) in [7, 11) is 1.49. The fourth-order valence-corrected chi connectivity index (χ4v) is 3.07. The first-order valence-corrected chi connectivity index (χ1v) is 7.57. The second-order valence-corrected chi connectivity index (χ2v) is 5.96. The average molecular weight is 350 g/mol. The minimum atomic E-state index is -0.142. The number of nitrogens with zero attached hydrogens (tertiary/aromatic N) is 3. The zero-order valence-corrected chi connectivity index (χ0v) is 14.2. The van der Waals surface area contributed by atoms with Gasteiger partial charge in [-0.2, -0.15) is 9.61 Å². The largest absolute Gasteiger partial charge is 0.480 e. The minimum absolute atomic E-state index is 0.142. The van der Waals surface area contributed by atoms with Gasteiger partial charge in [-0.15, -0.1) is 0 Å². The zero-order chi connectivity index (χ0) is 16.7. The van der Waals surface area contributed by atoms with E-state index in [0.717, 1.165) is 16.8 Å². The number of hydrogen-bond donors (Lipinski definition) is 0. The van der Waals surface area contributed by atoms with Gasteiger partial charge in [-0.1, -0.05) is 23.2 Å². The molecular weight excluding hydrogens is 337 g/mol. The van der Waals surface area contributed by atoms with Gasteiger partial charge in [0, 0.05) is 21.8 Å². The molecule has 3 rings (SSSR count). The van der Waals surface area contributed by atoms with Crippen molar-refractivity contribution in [2.45, 2.75) is 13.8 Å². The fraction of sp³-hybridized carbons (Fsp3) is 0.188. The highest BCUT2D eigenvalue weighted by Crippen LogP contribution is 2.33. The van der Waals surface area contributed by atoms with Crippen LogP contribution in [0.25, 0.3) is 16.8 Å². The number of fused-ring (bicyclic) bond motifs is 1. The van der Waals surface area contributed by atoms with Crippen molar-refractivity contribution in [2.75, 3.05) is 7.11 Å². The molecule has 3 aromatic rings. The number of carbonyl (C=O) groups excluding carboxylic acids is 1. The smallest absolute Gasteiger partial charge is 0.228 e. The SMILES string of the molecule is COc1c(C(C)=O)cnc2c(-c3cc(Cl)cc(Cl)c3)c(C)nn12. The summed E-state index contributed by atoms with van der Waals surface area (Å²) < 4.78 is 6.88. The minimum Gasteiger partial charge on any atom is -0.480 e. The molecular formula is C16H13Cl2N3O2. The number of ether oxygens (including phenoxy) is 1. The zero-order valence-electron chi connectivity index (χ0n) is 12.7. The van der Waals surface area contributed by atoms with Gasteiger partial charge in [0.05, 0.1) is 18.4 Å². The summed E-state index contributed by atoms with van der Waals surface area (Å²) in [5, 5.41) is 5.51. The quantitative estimate of drug-likeness (QED) is 0.664.